The molecule has 70 valence electrons. The predicted octanol–water partition coefficient (Wildman–Crippen LogP) is 2.44. The van der Waals surface area contributed by atoms with Crippen LogP contribution in [0.2, 0.25) is 0 Å². The highest BCUT2D eigenvalue weighted by atomic mass is 35.5. The molecule has 0 aromatic rings. The Morgan fingerprint density at radius 3 is 2.58 bits per heavy atom. The van der Waals surface area contributed by atoms with E-state index in [1.54, 1.807) is 7.11 Å². The molecule has 0 heterocycles. The fourth-order valence-electron chi connectivity index (χ4n) is 0.823. The Morgan fingerprint density at radius 1 is 1.67 bits per heavy atom. The molecule has 1 atom stereocenters. The van der Waals surface area contributed by atoms with E-state index in [-0.39, 0.29) is 11.4 Å². The molecule has 0 aliphatic carbocycles. The van der Waals surface area contributed by atoms with Crippen molar-refractivity contribution >= 4 is 22.6 Å². The van der Waals surface area contributed by atoms with Crippen LogP contribution in [-0.2, 0) is 4.74 Å². The van der Waals surface area contributed by atoms with E-state index < -0.39 is 0 Å². The zero-order valence-electron chi connectivity index (χ0n) is 7.72. The molecule has 0 amide bonds. The van der Waals surface area contributed by atoms with Gasteiger partial charge in [-0.25, -0.2) is 4.99 Å². The summed E-state index contributed by atoms with van der Waals surface area (Å²) in [7, 11) is 1.66. The van der Waals surface area contributed by atoms with E-state index in [4.69, 9.17) is 21.7 Å². The molecular formula is C8H15ClN2O. The number of hydrogen-bond donors (Lipinski definition) is 1. The SMILES string of the molecule is CCC(CC(C)OC)=NC(=N)Cl. The molecule has 0 aliphatic rings. The summed E-state index contributed by atoms with van der Waals surface area (Å²) < 4.78 is 5.07. The largest absolute Gasteiger partial charge is 0.381 e. The van der Waals surface area contributed by atoms with E-state index in [0.717, 1.165) is 18.6 Å². The number of rotatable bonds is 4. The van der Waals surface area contributed by atoms with Crippen LogP contribution in [-0.4, -0.2) is 24.2 Å². The molecule has 0 saturated heterocycles. The van der Waals surface area contributed by atoms with Gasteiger partial charge in [0, 0.05) is 19.2 Å². The molecule has 0 bridgehead atoms. The Balaban J connectivity index is 4.08. The smallest absolute Gasteiger partial charge is 0.214 e. The minimum absolute atomic E-state index is 0.139. The fraction of sp³-hybridized carbons (Fsp3) is 0.750. The lowest BCUT2D eigenvalue weighted by Crippen LogP contribution is -2.12. The van der Waals surface area contributed by atoms with Crippen LogP contribution in [0, 0.1) is 5.41 Å². The lowest BCUT2D eigenvalue weighted by Gasteiger charge is -2.09. The number of hydrogen-bond acceptors (Lipinski definition) is 2. The van der Waals surface area contributed by atoms with Crippen molar-refractivity contribution in [1.29, 1.82) is 5.41 Å². The van der Waals surface area contributed by atoms with Crippen LogP contribution in [0.1, 0.15) is 26.7 Å². The maximum Gasteiger partial charge on any atom is 0.214 e. The molecule has 0 spiro atoms. The zero-order chi connectivity index (χ0) is 9.56. The summed E-state index contributed by atoms with van der Waals surface area (Å²) in [6, 6.07) is 0. The topological polar surface area (TPSA) is 45.4 Å². The lowest BCUT2D eigenvalue weighted by molar-refractivity contribution is 0.124. The number of nitrogens with zero attached hydrogens (tertiary/aromatic N) is 1. The molecule has 1 unspecified atom stereocenters. The minimum Gasteiger partial charge on any atom is -0.381 e. The summed E-state index contributed by atoms with van der Waals surface area (Å²) in [6.07, 6.45) is 1.69. The van der Waals surface area contributed by atoms with Crippen molar-refractivity contribution in [3.05, 3.63) is 0 Å². The average Bonchev–Trinajstić information content (AvgIpc) is 2.02. The van der Waals surface area contributed by atoms with E-state index in [9.17, 15) is 0 Å². The second-order valence-electron chi connectivity index (χ2n) is 2.57. The molecule has 0 radical (unpaired) electrons. The van der Waals surface area contributed by atoms with Crippen LogP contribution >= 0.6 is 11.6 Å². The van der Waals surface area contributed by atoms with Crippen molar-refractivity contribution in [2.75, 3.05) is 7.11 Å². The van der Waals surface area contributed by atoms with Gasteiger partial charge in [0.15, 0.2) is 0 Å². The van der Waals surface area contributed by atoms with E-state index in [2.05, 4.69) is 4.99 Å². The molecule has 0 aromatic carbocycles. The molecule has 1 N–H and O–H groups in total. The first-order valence-electron chi connectivity index (χ1n) is 3.93. The van der Waals surface area contributed by atoms with Crippen LogP contribution in [0.5, 0.6) is 0 Å². The highest BCUT2D eigenvalue weighted by molar-refractivity contribution is 6.64. The van der Waals surface area contributed by atoms with E-state index in [1.807, 2.05) is 13.8 Å². The van der Waals surface area contributed by atoms with E-state index in [0.29, 0.717) is 0 Å². The zero-order valence-corrected chi connectivity index (χ0v) is 8.48. The van der Waals surface area contributed by atoms with E-state index >= 15 is 0 Å². The van der Waals surface area contributed by atoms with Gasteiger partial charge in [-0.2, -0.15) is 0 Å². The van der Waals surface area contributed by atoms with Gasteiger partial charge in [0.05, 0.1) is 6.10 Å². The third-order valence-corrected chi connectivity index (χ3v) is 1.67. The molecule has 12 heavy (non-hydrogen) atoms. The normalized spacial score (nSPS) is 14.5. The second kappa shape index (κ2) is 6.14. The van der Waals surface area contributed by atoms with Crippen LogP contribution in [0.4, 0.5) is 0 Å². The van der Waals surface area contributed by atoms with Crippen molar-refractivity contribution < 1.29 is 4.74 Å². The highest BCUT2D eigenvalue weighted by Crippen LogP contribution is 2.02. The number of halogens is 1. The molecule has 4 heteroatoms. The first-order chi connectivity index (χ1) is 5.60. The fourth-order valence-corrected chi connectivity index (χ4v) is 0.943. The monoisotopic (exact) mass is 190 g/mol. The van der Waals surface area contributed by atoms with Crippen LogP contribution < -0.4 is 0 Å². The van der Waals surface area contributed by atoms with Crippen molar-refractivity contribution in [2.24, 2.45) is 4.99 Å². The first kappa shape index (κ1) is 11.6. The van der Waals surface area contributed by atoms with Crippen molar-refractivity contribution in [3.8, 4) is 0 Å². The predicted molar refractivity (Wildman–Crippen MR) is 52.4 cm³/mol. The number of methoxy groups -OCH3 is 1. The Hall–Kier alpha value is -0.410. The standard InChI is InChI=1S/C8H15ClN2O/c1-4-7(11-8(9)10)5-6(2)12-3/h6,10H,4-5H2,1-3H3. The van der Waals surface area contributed by atoms with Gasteiger partial charge in [0.1, 0.15) is 0 Å². The minimum atomic E-state index is -0.157. The Morgan fingerprint density at radius 2 is 2.25 bits per heavy atom. The van der Waals surface area contributed by atoms with Gasteiger partial charge in [0.25, 0.3) is 0 Å². The second-order valence-corrected chi connectivity index (χ2v) is 2.93. The molecule has 0 fully saturated rings. The number of ether oxygens (including phenoxy) is 1. The van der Waals surface area contributed by atoms with Gasteiger partial charge in [-0.3, -0.25) is 5.41 Å². The highest BCUT2D eigenvalue weighted by Gasteiger charge is 2.04. The summed E-state index contributed by atoms with van der Waals surface area (Å²) in [6.45, 7) is 3.95. The van der Waals surface area contributed by atoms with Crippen molar-refractivity contribution in [3.63, 3.8) is 0 Å². The van der Waals surface area contributed by atoms with Crippen molar-refractivity contribution in [1.82, 2.24) is 0 Å². The van der Waals surface area contributed by atoms with Crippen LogP contribution in [0.3, 0.4) is 0 Å². The molecule has 0 aliphatic heterocycles. The first-order valence-corrected chi connectivity index (χ1v) is 4.31. The molecule has 0 rings (SSSR count). The van der Waals surface area contributed by atoms with Crippen LogP contribution in [0.25, 0.3) is 0 Å². The molecular weight excluding hydrogens is 176 g/mol. The van der Waals surface area contributed by atoms with E-state index in [1.165, 1.54) is 0 Å². The van der Waals surface area contributed by atoms with Gasteiger partial charge in [-0.1, -0.05) is 6.92 Å². The maximum absolute atomic E-state index is 6.97. The molecule has 0 saturated carbocycles. The van der Waals surface area contributed by atoms with Gasteiger partial charge in [-0.05, 0) is 24.9 Å². The van der Waals surface area contributed by atoms with Crippen LogP contribution in [0.15, 0.2) is 4.99 Å². The third kappa shape index (κ3) is 5.27. The van der Waals surface area contributed by atoms with Gasteiger partial charge in [0.2, 0.25) is 5.29 Å². The number of nitrogens with one attached hydrogen (secondary N) is 1. The van der Waals surface area contributed by atoms with Gasteiger partial charge >= 0.3 is 0 Å². The summed E-state index contributed by atoms with van der Waals surface area (Å²) in [4.78, 5) is 3.87. The summed E-state index contributed by atoms with van der Waals surface area (Å²) >= 11 is 5.33. The van der Waals surface area contributed by atoms with Gasteiger partial charge < -0.3 is 4.74 Å². The number of aliphatic imine (C=N–C) groups is 1. The summed E-state index contributed by atoms with van der Waals surface area (Å²) in [5.41, 5.74) is 0.907. The Bertz CT molecular complexity index is 180. The Labute approximate surface area is 78.3 Å². The quantitative estimate of drug-likeness (QED) is 0.413. The Kier molecular flexibility index (Phi) is 5.93. The van der Waals surface area contributed by atoms with Gasteiger partial charge in [-0.15, -0.1) is 0 Å². The molecule has 3 nitrogen and oxygen atoms in total. The van der Waals surface area contributed by atoms with Crippen molar-refractivity contribution in [2.45, 2.75) is 32.8 Å². The maximum atomic E-state index is 6.97. The third-order valence-electron chi connectivity index (χ3n) is 1.59. The lowest BCUT2D eigenvalue weighted by atomic mass is 10.1. The molecule has 0 aromatic heterocycles. The summed E-state index contributed by atoms with van der Waals surface area (Å²) in [5.74, 6) is 0. The average molecular weight is 191 g/mol. The summed E-state index contributed by atoms with van der Waals surface area (Å²) in [5, 5.41) is 6.81. The number of amidine groups is 1.